The minimum atomic E-state index is -0.435. The first-order valence-corrected chi connectivity index (χ1v) is 8.01. The van der Waals surface area contributed by atoms with E-state index >= 15 is 0 Å². The van der Waals surface area contributed by atoms with Crippen LogP contribution in [0.25, 0.3) is 11.5 Å². The van der Waals surface area contributed by atoms with E-state index in [0.29, 0.717) is 16.5 Å². The van der Waals surface area contributed by atoms with Crippen molar-refractivity contribution in [2.45, 2.75) is 17.9 Å². The van der Waals surface area contributed by atoms with Gasteiger partial charge < -0.3 is 9.52 Å². The van der Waals surface area contributed by atoms with Gasteiger partial charge in [-0.2, -0.15) is 0 Å². The molecule has 0 aliphatic carbocycles. The molecular formula is C16H13N3O4S. The third-order valence-electron chi connectivity index (χ3n) is 3.30. The highest BCUT2D eigenvalue weighted by Gasteiger charge is 2.13. The number of nitro groups is 1. The number of benzene rings is 2. The topological polar surface area (TPSA) is 102 Å². The Bertz CT molecular complexity index is 877. The average molecular weight is 343 g/mol. The predicted octanol–water partition coefficient (Wildman–Crippen LogP) is 3.95. The lowest BCUT2D eigenvalue weighted by Crippen LogP contribution is -1.88. The number of aromatic nitrogens is 2. The molecule has 1 heterocycles. The van der Waals surface area contributed by atoms with Gasteiger partial charge in [0.25, 0.3) is 16.8 Å². The summed E-state index contributed by atoms with van der Waals surface area (Å²) in [5.74, 6) is 0.878. The van der Waals surface area contributed by atoms with Gasteiger partial charge >= 0.3 is 0 Å². The summed E-state index contributed by atoms with van der Waals surface area (Å²) in [6.07, 6.45) is 0. The highest BCUT2D eigenvalue weighted by molar-refractivity contribution is 7.98. The van der Waals surface area contributed by atoms with E-state index in [9.17, 15) is 15.2 Å². The van der Waals surface area contributed by atoms with E-state index in [1.165, 1.54) is 23.9 Å². The zero-order valence-electron chi connectivity index (χ0n) is 12.7. The smallest absolute Gasteiger partial charge is 0.277 e. The van der Waals surface area contributed by atoms with E-state index in [4.69, 9.17) is 4.42 Å². The maximum atomic E-state index is 10.6. The van der Waals surface area contributed by atoms with Crippen LogP contribution in [0.2, 0.25) is 0 Å². The first kappa shape index (κ1) is 16.0. The highest BCUT2D eigenvalue weighted by atomic mass is 32.2. The molecule has 1 aromatic heterocycles. The molecule has 1 N–H and O–H groups in total. The Morgan fingerprint density at radius 1 is 1.21 bits per heavy atom. The standard InChI is InChI=1S/C16H13N3O4S/c1-10-2-7-13(14(20)8-10)15-17-18-16(23-15)24-9-11-3-5-12(6-4-11)19(21)22/h2-8,20H,9H2,1H3. The number of phenolic OH excluding ortho intramolecular Hbond substituents is 1. The third-order valence-corrected chi connectivity index (χ3v) is 4.19. The molecule has 122 valence electrons. The molecular weight excluding hydrogens is 330 g/mol. The van der Waals surface area contributed by atoms with Crippen LogP contribution in [-0.2, 0) is 5.75 Å². The molecule has 7 nitrogen and oxygen atoms in total. The van der Waals surface area contributed by atoms with Crippen molar-refractivity contribution in [2.75, 3.05) is 0 Å². The van der Waals surface area contributed by atoms with Gasteiger partial charge in [-0.15, -0.1) is 10.2 Å². The van der Waals surface area contributed by atoms with Gasteiger partial charge in [0.15, 0.2) is 0 Å². The minimum absolute atomic E-state index is 0.0543. The monoisotopic (exact) mass is 343 g/mol. The fraction of sp³-hybridized carbons (Fsp3) is 0.125. The zero-order chi connectivity index (χ0) is 17.1. The quantitative estimate of drug-likeness (QED) is 0.425. The van der Waals surface area contributed by atoms with E-state index in [1.807, 2.05) is 13.0 Å². The molecule has 0 aliphatic rings. The first-order chi connectivity index (χ1) is 11.5. The SMILES string of the molecule is Cc1ccc(-c2nnc(SCc3ccc([N+](=O)[O-])cc3)o2)c(O)c1. The van der Waals surface area contributed by atoms with Crippen LogP contribution in [0.5, 0.6) is 5.75 Å². The largest absolute Gasteiger partial charge is 0.507 e. The number of hydrogen-bond donors (Lipinski definition) is 1. The van der Waals surface area contributed by atoms with Gasteiger partial charge in [0.1, 0.15) is 5.75 Å². The Kier molecular flexibility index (Phi) is 4.48. The first-order valence-electron chi connectivity index (χ1n) is 7.02. The number of nitro benzene ring substituents is 1. The zero-order valence-corrected chi connectivity index (χ0v) is 13.5. The minimum Gasteiger partial charge on any atom is -0.507 e. The van der Waals surface area contributed by atoms with Crippen LogP contribution >= 0.6 is 11.8 Å². The Balaban J connectivity index is 1.69. The van der Waals surface area contributed by atoms with Crippen molar-refractivity contribution in [1.29, 1.82) is 0 Å². The van der Waals surface area contributed by atoms with Crippen molar-refractivity contribution < 1.29 is 14.4 Å². The predicted molar refractivity (Wildman–Crippen MR) is 88.8 cm³/mol. The van der Waals surface area contributed by atoms with Crippen molar-refractivity contribution in [1.82, 2.24) is 10.2 Å². The van der Waals surface area contributed by atoms with Gasteiger partial charge in [0.05, 0.1) is 10.5 Å². The lowest BCUT2D eigenvalue weighted by molar-refractivity contribution is -0.384. The van der Waals surface area contributed by atoms with E-state index in [0.717, 1.165) is 11.1 Å². The Morgan fingerprint density at radius 3 is 2.62 bits per heavy atom. The molecule has 2 aromatic carbocycles. The molecule has 0 saturated heterocycles. The normalized spacial score (nSPS) is 10.7. The van der Waals surface area contributed by atoms with Gasteiger partial charge in [0, 0.05) is 17.9 Å². The molecule has 0 unspecified atom stereocenters. The highest BCUT2D eigenvalue weighted by Crippen LogP contribution is 2.31. The molecule has 0 saturated carbocycles. The number of hydrogen-bond acceptors (Lipinski definition) is 7. The molecule has 0 bridgehead atoms. The Morgan fingerprint density at radius 2 is 1.96 bits per heavy atom. The summed E-state index contributed by atoms with van der Waals surface area (Å²) in [7, 11) is 0. The molecule has 0 aliphatic heterocycles. The second-order valence-corrected chi connectivity index (χ2v) is 6.03. The van der Waals surface area contributed by atoms with Crippen LogP contribution < -0.4 is 0 Å². The van der Waals surface area contributed by atoms with Gasteiger partial charge in [-0.1, -0.05) is 30.0 Å². The summed E-state index contributed by atoms with van der Waals surface area (Å²) in [6.45, 7) is 1.88. The Hall–Kier alpha value is -2.87. The van der Waals surface area contributed by atoms with Crippen LogP contribution in [0.3, 0.4) is 0 Å². The third kappa shape index (κ3) is 3.54. The molecule has 3 aromatic rings. The number of thioether (sulfide) groups is 1. The van der Waals surface area contributed by atoms with E-state index in [2.05, 4.69) is 10.2 Å². The fourth-order valence-electron chi connectivity index (χ4n) is 2.06. The van der Waals surface area contributed by atoms with Crippen LogP contribution in [0.15, 0.2) is 52.1 Å². The van der Waals surface area contributed by atoms with Crippen LogP contribution in [0.1, 0.15) is 11.1 Å². The van der Waals surface area contributed by atoms with Gasteiger partial charge in [-0.25, -0.2) is 0 Å². The number of nitrogens with zero attached hydrogens (tertiary/aromatic N) is 3. The van der Waals surface area contributed by atoms with Crippen LogP contribution in [-0.4, -0.2) is 20.2 Å². The number of phenols is 1. The van der Waals surface area contributed by atoms with Crippen molar-refractivity contribution in [3.63, 3.8) is 0 Å². The number of aromatic hydroxyl groups is 1. The maximum absolute atomic E-state index is 10.6. The van der Waals surface area contributed by atoms with Crippen LogP contribution in [0.4, 0.5) is 5.69 Å². The van der Waals surface area contributed by atoms with Crippen molar-refractivity contribution in [3.8, 4) is 17.2 Å². The number of aryl methyl sites for hydroxylation is 1. The van der Waals surface area contributed by atoms with Crippen molar-refractivity contribution >= 4 is 17.4 Å². The van der Waals surface area contributed by atoms with E-state index < -0.39 is 4.92 Å². The van der Waals surface area contributed by atoms with Gasteiger partial charge in [0.2, 0.25) is 0 Å². The molecule has 0 atom stereocenters. The fourth-order valence-corrected chi connectivity index (χ4v) is 2.78. The summed E-state index contributed by atoms with van der Waals surface area (Å²) < 4.78 is 5.55. The van der Waals surface area contributed by atoms with Gasteiger partial charge in [-0.3, -0.25) is 10.1 Å². The average Bonchev–Trinajstić information content (AvgIpc) is 3.02. The Labute approximate surface area is 141 Å². The molecule has 0 radical (unpaired) electrons. The van der Waals surface area contributed by atoms with E-state index in [1.54, 1.807) is 24.3 Å². The van der Waals surface area contributed by atoms with Gasteiger partial charge in [-0.05, 0) is 30.2 Å². The lowest BCUT2D eigenvalue weighted by atomic mass is 10.1. The van der Waals surface area contributed by atoms with Crippen LogP contribution in [0, 0.1) is 17.0 Å². The number of rotatable bonds is 5. The molecule has 8 heteroatoms. The number of non-ortho nitro benzene ring substituents is 1. The van der Waals surface area contributed by atoms with E-state index in [-0.39, 0.29) is 17.3 Å². The second kappa shape index (κ2) is 6.71. The second-order valence-electron chi connectivity index (χ2n) is 5.11. The summed E-state index contributed by atoms with van der Waals surface area (Å²) in [5.41, 5.74) is 2.38. The molecule has 24 heavy (non-hydrogen) atoms. The lowest BCUT2D eigenvalue weighted by Gasteiger charge is -2.00. The molecule has 0 spiro atoms. The molecule has 3 rings (SSSR count). The van der Waals surface area contributed by atoms with Crippen molar-refractivity contribution in [3.05, 3.63) is 63.7 Å². The summed E-state index contributed by atoms with van der Waals surface area (Å²) >= 11 is 1.32. The summed E-state index contributed by atoms with van der Waals surface area (Å²) in [4.78, 5) is 10.2. The molecule has 0 fully saturated rings. The summed E-state index contributed by atoms with van der Waals surface area (Å²) in [6, 6.07) is 11.5. The maximum Gasteiger partial charge on any atom is 0.277 e. The molecule has 0 amide bonds. The van der Waals surface area contributed by atoms with Crippen molar-refractivity contribution in [2.24, 2.45) is 0 Å². The summed E-state index contributed by atoms with van der Waals surface area (Å²) in [5, 5.41) is 28.8.